The van der Waals surface area contributed by atoms with E-state index >= 15 is 0 Å². The van der Waals surface area contributed by atoms with Gasteiger partial charge in [-0.25, -0.2) is 13.4 Å². The third kappa shape index (κ3) is 3.43. The normalized spacial score (nSPS) is 22.0. The predicted molar refractivity (Wildman–Crippen MR) is 92.9 cm³/mol. The summed E-state index contributed by atoms with van der Waals surface area (Å²) in [5.41, 5.74) is -0.332. The van der Waals surface area contributed by atoms with Gasteiger partial charge in [0.1, 0.15) is 29.8 Å². The Hall–Kier alpha value is -2.07. The minimum atomic E-state index is -4.21. The fourth-order valence-corrected chi connectivity index (χ4v) is 4.18. The van der Waals surface area contributed by atoms with E-state index in [0.29, 0.717) is 16.8 Å². The molecule has 1 fully saturated rings. The number of anilines is 1. The molecule has 0 spiro atoms. The number of phenols is 1. The number of nitrogens with one attached hydrogen (secondary N) is 2. The molecule has 10 heteroatoms. The molecule has 1 aromatic carbocycles. The fraction of sp³-hybridized carbons (Fsp3) is 0.562. The van der Waals surface area contributed by atoms with Gasteiger partial charge in [-0.3, -0.25) is 4.79 Å². The maximum Gasteiger partial charge on any atom is 0.326 e. The Labute approximate surface area is 151 Å². The third-order valence-electron chi connectivity index (χ3n) is 4.64. The van der Waals surface area contributed by atoms with Crippen molar-refractivity contribution in [3.8, 4) is 11.5 Å². The van der Waals surface area contributed by atoms with Crippen LogP contribution in [0.15, 0.2) is 6.07 Å². The topological polar surface area (TPSA) is 108 Å². The number of amides is 1. The lowest BCUT2D eigenvalue weighted by Crippen LogP contribution is -2.32. The van der Waals surface area contributed by atoms with Gasteiger partial charge in [-0.15, -0.1) is 0 Å². The van der Waals surface area contributed by atoms with E-state index in [0.717, 1.165) is 13.0 Å². The van der Waals surface area contributed by atoms with Gasteiger partial charge >= 0.3 is 10.2 Å². The van der Waals surface area contributed by atoms with Gasteiger partial charge in [0.25, 0.3) is 5.91 Å². The quantitative estimate of drug-likeness (QED) is 0.662. The molecule has 2 heterocycles. The molecule has 0 saturated carbocycles. The molecule has 144 valence electrons. The highest BCUT2D eigenvalue weighted by molar-refractivity contribution is 7.92. The van der Waals surface area contributed by atoms with Crippen LogP contribution in [0.1, 0.15) is 25.8 Å². The summed E-state index contributed by atoms with van der Waals surface area (Å²) in [5, 5.41) is 13.4. The van der Waals surface area contributed by atoms with Crippen LogP contribution < -0.4 is 19.1 Å². The van der Waals surface area contributed by atoms with Crippen LogP contribution in [0, 0.1) is 11.7 Å². The number of fused-ring (bicyclic) bond motifs is 1. The molecule has 2 aliphatic heterocycles. The molecule has 0 aliphatic carbocycles. The van der Waals surface area contributed by atoms with E-state index in [2.05, 4.69) is 19.2 Å². The molecule has 3 rings (SSSR count). The second-order valence-electron chi connectivity index (χ2n) is 6.69. The number of rotatable bonds is 6. The van der Waals surface area contributed by atoms with E-state index < -0.39 is 39.9 Å². The average molecular weight is 387 g/mol. The minimum absolute atomic E-state index is 0.190. The van der Waals surface area contributed by atoms with Crippen molar-refractivity contribution in [2.24, 2.45) is 5.92 Å². The Morgan fingerprint density at radius 2 is 2.27 bits per heavy atom. The van der Waals surface area contributed by atoms with Crippen LogP contribution in [-0.4, -0.2) is 45.2 Å². The van der Waals surface area contributed by atoms with Crippen molar-refractivity contribution in [1.82, 2.24) is 10.0 Å². The number of hydrogen-bond donors (Lipinski definition) is 3. The molecular formula is C16H22FN3O5S. The molecule has 0 radical (unpaired) electrons. The predicted octanol–water partition coefficient (Wildman–Crippen LogP) is 0.652. The first-order chi connectivity index (χ1) is 12.2. The van der Waals surface area contributed by atoms with Gasteiger partial charge in [-0.1, -0.05) is 20.3 Å². The van der Waals surface area contributed by atoms with Crippen LogP contribution in [0.5, 0.6) is 11.5 Å². The van der Waals surface area contributed by atoms with Crippen molar-refractivity contribution in [2.75, 3.05) is 23.9 Å². The first kappa shape index (κ1) is 18.7. The number of aromatic hydroxyl groups is 1. The fourth-order valence-electron chi connectivity index (χ4n) is 3.02. The van der Waals surface area contributed by atoms with Crippen LogP contribution in [0.25, 0.3) is 0 Å². The summed E-state index contributed by atoms with van der Waals surface area (Å²) in [6.07, 6.45) is 0.979. The summed E-state index contributed by atoms with van der Waals surface area (Å²) in [4.78, 5) is 11.4. The molecule has 1 aromatic rings. The minimum Gasteiger partial charge on any atom is -0.505 e. The Morgan fingerprint density at radius 3 is 2.88 bits per heavy atom. The zero-order valence-corrected chi connectivity index (χ0v) is 15.4. The molecular weight excluding hydrogens is 365 g/mol. The molecule has 1 amide bonds. The van der Waals surface area contributed by atoms with Crippen LogP contribution in [0.2, 0.25) is 0 Å². The highest BCUT2D eigenvalue weighted by Crippen LogP contribution is 2.43. The summed E-state index contributed by atoms with van der Waals surface area (Å²) in [7, 11) is -4.21. The smallest absolute Gasteiger partial charge is 0.326 e. The van der Waals surface area contributed by atoms with Crippen LogP contribution >= 0.6 is 0 Å². The second kappa shape index (κ2) is 6.92. The van der Waals surface area contributed by atoms with Gasteiger partial charge in [0.15, 0.2) is 5.82 Å². The zero-order chi connectivity index (χ0) is 19.1. The number of benzene rings is 1. The molecule has 1 unspecified atom stereocenters. The van der Waals surface area contributed by atoms with E-state index in [1.54, 1.807) is 4.72 Å². The molecule has 2 aliphatic rings. The van der Waals surface area contributed by atoms with E-state index in [9.17, 15) is 22.7 Å². The van der Waals surface area contributed by atoms with Gasteiger partial charge in [-0.2, -0.15) is 8.42 Å². The number of phenolic OH excluding ortho intramolecular Hbond substituents is 1. The maximum absolute atomic E-state index is 14.9. The highest BCUT2D eigenvalue weighted by Gasteiger charge is 2.40. The van der Waals surface area contributed by atoms with E-state index in [4.69, 9.17) is 4.74 Å². The number of carbonyl (C=O) groups excluding carboxylic acids is 1. The van der Waals surface area contributed by atoms with Gasteiger partial charge in [0.05, 0.1) is 0 Å². The van der Waals surface area contributed by atoms with Crippen molar-refractivity contribution >= 4 is 21.8 Å². The van der Waals surface area contributed by atoms with Crippen molar-refractivity contribution in [1.29, 1.82) is 0 Å². The number of ether oxygens (including phenoxy) is 1. The Morgan fingerprint density at radius 1 is 1.54 bits per heavy atom. The number of carbonyl (C=O) groups is 1. The first-order valence-corrected chi connectivity index (χ1v) is 9.92. The van der Waals surface area contributed by atoms with Crippen molar-refractivity contribution in [3.05, 3.63) is 17.4 Å². The van der Waals surface area contributed by atoms with Crippen molar-refractivity contribution in [2.45, 2.75) is 32.8 Å². The third-order valence-corrected chi connectivity index (χ3v) is 6.02. The Bertz CT molecular complexity index is 830. The lowest BCUT2D eigenvalue weighted by molar-refractivity contribution is -0.117. The number of halogens is 1. The molecule has 0 aromatic heterocycles. The summed E-state index contributed by atoms with van der Waals surface area (Å²) in [6, 6.07) is 1.20. The van der Waals surface area contributed by atoms with Crippen LogP contribution in [-0.2, 0) is 21.4 Å². The van der Waals surface area contributed by atoms with E-state index in [1.165, 1.54) is 6.07 Å². The van der Waals surface area contributed by atoms with Gasteiger partial charge in [-0.05, 0) is 12.5 Å². The summed E-state index contributed by atoms with van der Waals surface area (Å²) in [6.45, 7) is 4.96. The Balaban J connectivity index is 1.80. The molecule has 26 heavy (non-hydrogen) atoms. The molecule has 1 saturated heterocycles. The van der Waals surface area contributed by atoms with Crippen molar-refractivity contribution < 1.29 is 27.4 Å². The summed E-state index contributed by atoms with van der Waals surface area (Å²) in [5.74, 6) is -1.56. The lowest BCUT2D eigenvalue weighted by atomic mass is 10.1. The van der Waals surface area contributed by atoms with Crippen LogP contribution in [0.3, 0.4) is 0 Å². The Kier molecular flexibility index (Phi) is 4.98. The van der Waals surface area contributed by atoms with Gasteiger partial charge in [0.2, 0.25) is 0 Å². The van der Waals surface area contributed by atoms with E-state index in [1.807, 2.05) is 0 Å². The average Bonchev–Trinajstić information content (AvgIpc) is 3.07. The zero-order valence-electron chi connectivity index (χ0n) is 14.6. The molecule has 8 nitrogen and oxygen atoms in total. The summed E-state index contributed by atoms with van der Waals surface area (Å²) < 4.78 is 46.8. The molecule has 3 N–H and O–H groups in total. The van der Waals surface area contributed by atoms with Gasteiger partial charge < -0.3 is 15.2 Å². The number of hydrogen-bond acceptors (Lipinski definition) is 6. The SMILES string of the molecule is CCC(C)CNC[C@H]1Cc2c(cc(O)c(N3CC(=O)NS3(=O)=O)c2F)O1. The first-order valence-electron chi connectivity index (χ1n) is 8.48. The molecule has 2 atom stereocenters. The monoisotopic (exact) mass is 387 g/mol. The summed E-state index contributed by atoms with van der Waals surface area (Å²) >= 11 is 0. The lowest BCUT2D eigenvalue weighted by Gasteiger charge is -2.18. The maximum atomic E-state index is 14.9. The highest BCUT2D eigenvalue weighted by atomic mass is 32.2. The number of nitrogens with zero attached hydrogens (tertiary/aromatic N) is 1. The molecule has 0 bridgehead atoms. The van der Waals surface area contributed by atoms with Crippen LogP contribution in [0.4, 0.5) is 10.1 Å². The largest absolute Gasteiger partial charge is 0.505 e. The van der Waals surface area contributed by atoms with E-state index in [-0.39, 0.29) is 23.8 Å². The van der Waals surface area contributed by atoms with Crippen molar-refractivity contribution in [3.63, 3.8) is 0 Å². The van der Waals surface area contributed by atoms with Gasteiger partial charge in [0, 0.05) is 24.6 Å². The second-order valence-corrected chi connectivity index (χ2v) is 8.28. The standard InChI is InChI=1S/C16H22FN3O5S/c1-3-9(2)6-18-7-10-4-11-13(25-10)5-12(21)16(15(11)17)20-8-14(22)19-26(20,23)24/h5,9-10,18,21H,3-4,6-8H2,1-2H3,(H,19,22)/t9?,10-/m1/s1.